The third kappa shape index (κ3) is 2.86. The fraction of sp³-hybridized carbons (Fsp3) is 0.357. The van der Waals surface area contributed by atoms with Gasteiger partial charge >= 0.3 is 0 Å². The SMILES string of the molecule is Cc1ccc(Cl)cc1C(O)c1c(Br)cnn1C(C)C. The summed E-state index contributed by atoms with van der Waals surface area (Å²) in [5.41, 5.74) is 2.55. The van der Waals surface area contributed by atoms with E-state index in [-0.39, 0.29) is 6.04 Å². The van der Waals surface area contributed by atoms with E-state index in [1.807, 2.05) is 37.6 Å². The fourth-order valence-corrected chi connectivity index (χ4v) is 2.74. The van der Waals surface area contributed by atoms with Crippen molar-refractivity contribution in [2.45, 2.75) is 32.9 Å². The van der Waals surface area contributed by atoms with Crippen molar-refractivity contribution in [3.05, 3.63) is 50.7 Å². The number of nitrogens with zero attached hydrogens (tertiary/aromatic N) is 2. The molecular formula is C14H16BrClN2O. The highest BCUT2D eigenvalue weighted by atomic mass is 79.9. The topological polar surface area (TPSA) is 38.1 Å². The second kappa shape index (κ2) is 5.65. The Morgan fingerprint density at radius 2 is 2.05 bits per heavy atom. The van der Waals surface area contributed by atoms with Gasteiger partial charge in [0, 0.05) is 11.1 Å². The average Bonchev–Trinajstić information content (AvgIpc) is 2.73. The summed E-state index contributed by atoms with van der Waals surface area (Å²) >= 11 is 9.47. The lowest BCUT2D eigenvalue weighted by Crippen LogP contribution is -2.13. The Hall–Kier alpha value is -0.840. The number of benzene rings is 1. The second-order valence-corrected chi connectivity index (χ2v) is 6.11. The first-order chi connectivity index (χ1) is 8.91. The van der Waals surface area contributed by atoms with Crippen LogP contribution in [0.1, 0.15) is 42.8 Å². The Kier molecular flexibility index (Phi) is 4.33. The third-order valence-corrected chi connectivity index (χ3v) is 3.92. The van der Waals surface area contributed by atoms with Crippen molar-refractivity contribution in [3.63, 3.8) is 0 Å². The molecule has 1 heterocycles. The standard InChI is InChI=1S/C14H16BrClN2O/c1-8(2)18-13(12(15)7-17-18)14(19)11-6-10(16)5-4-9(11)3/h4-8,14,19H,1-3H3. The summed E-state index contributed by atoms with van der Waals surface area (Å²) in [5.74, 6) is 0. The number of hydrogen-bond donors (Lipinski definition) is 1. The van der Waals surface area contributed by atoms with E-state index in [1.54, 1.807) is 12.3 Å². The first kappa shape index (κ1) is 14.6. The van der Waals surface area contributed by atoms with E-state index < -0.39 is 6.10 Å². The first-order valence-electron chi connectivity index (χ1n) is 6.08. The molecule has 1 aromatic heterocycles. The largest absolute Gasteiger partial charge is 0.382 e. The highest BCUT2D eigenvalue weighted by Crippen LogP contribution is 2.32. The van der Waals surface area contributed by atoms with Crippen LogP contribution in [0, 0.1) is 6.92 Å². The lowest BCUT2D eigenvalue weighted by molar-refractivity contribution is 0.203. The van der Waals surface area contributed by atoms with E-state index in [4.69, 9.17) is 11.6 Å². The van der Waals surface area contributed by atoms with Gasteiger partial charge in [0.25, 0.3) is 0 Å². The number of aromatic nitrogens is 2. The zero-order chi connectivity index (χ0) is 14.2. The molecule has 0 saturated heterocycles. The maximum absolute atomic E-state index is 10.6. The van der Waals surface area contributed by atoms with Gasteiger partial charge in [-0.15, -0.1) is 0 Å². The zero-order valence-corrected chi connectivity index (χ0v) is 13.4. The normalized spacial score (nSPS) is 13.0. The number of rotatable bonds is 3. The highest BCUT2D eigenvalue weighted by Gasteiger charge is 2.22. The van der Waals surface area contributed by atoms with Gasteiger partial charge in [-0.2, -0.15) is 5.10 Å². The van der Waals surface area contributed by atoms with Gasteiger partial charge < -0.3 is 5.11 Å². The molecule has 2 aromatic rings. The smallest absolute Gasteiger partial charge is 0.122 e. The van der Waals surface area contributed by atoms with Crippen molar-refractivity contribution >= 4 is 27.5 Å². The van der Waals surface area contributed by atoms with Crippen LogP contribution in [0.15, 0.2) is 28.9 Å². The third-order valence-electron chi connectivity index (χ3n) is 3.07. The molecule has 5 heteroatoms. The molecule has 0 aliphatic heterocycles. The number of aliphatic hydroxyl groups excluding tert-OH is 1. The molecule has 102 valence electrons. The van der Waals surface area contributed by atoms with Crippen LogP contribution in [0.3, 0.4) is 0 Å². The molecule has 0 amide bonds. The van der Waals surface area contributed by atoms with Gasteiger partial charge in [-0.05, 0) is 60.0 Å². The van der Waals surface area contributed by atoms with Crippen LogP contribution in [0.5, 0.6) is 0 Å². The van der Waals surface area contributed by atoms with Crippen LogP contribution in [-0.2, 0) is 0 Å². The van der Waals surface area contributed by atoms with E-state index in [0.29, 0.717) is 5.02 Å². The maximum atomic E-state index is 10.6. The summed E-state index contributed by atoms with van der Waals surface area (Å²) < 4.78 is 2.61. The molecule has 1 atom stereocenters. The number of hydrogen-bond acceptors (Lipinski definition) is 2. The van der Waals surface area contributed by atoms with Gasteiger partial charge in [0.1, 0.15) is 6.10 Å². The van der Waals surface area contributed by atoms with Crippen molar-refractivity contribution in [1.82, 2.24) is 9.78 Å². The van der Waals surface area contributed by atoms with E-state index in [1.165, 1.54) is 0 Å². The van der Waals surface area contributed by atoms with E-state index >= 15 is 0 Å². The molecule has 0 aliphatic carbocycles. The molecule has 3 nitrogen and oxygen atoms in total. The molecule has 1 aromatic carbocycles. The van der Waals surface area contributed by atoms with Crippen LogP contribution in [0.25, 0.3) is 0 Å². The Morgan fingerprint density at radius 3 is 2.68 bits per heavy atom. The van der Waals surface area contributed by atoms with Gasteiger partial charge in [-0.1, -0.05) is 17.7 Å². The molecule has 2 rings (SSSR count). The van der Waals surface area contributed by atoms with Crippen LogP contribution in [0.4, 0.5) is 0 Å². The number of aryl methyl sites for hydroxylation is 1. The lowest BCUT2D eigenvalue weighted by Gasteiger charge is -2.18. The predicted octanol–water partition coefficient (Wildman–Crippen LogP) is 4.27. The molecule has 19 heavy (non-hydrogen) atoms. The molecular weight excluding hydrogens is 328 g/mol. The van der Waals surface area contributed by atoms with Crippen molar-refractivity contribution < 1.29 is 5.11 Å². The average molecular weight is 344 g/mol. The van der Waals surface area contributed by atoms with Crippen LogP contribution < -0.4 is 0 Å². The quantitative estimate of drug-likeness (QED) is 0.903. The minimum atomic E-state index is -0.752. The molecule has 0 fully saturated rings. The van der Waals surface area contributed by atoms with Crippen molar-refractivity contribution in [2.24, 2.45) is 0 Å². The molecule has 0 radical (unpaired) electrons. The fourth-order valence-electron chi connectivity index (χ4n) is 2.07. The van der Waals surface area contributed by atoms with Crippen molar-refractivity contribution in [3.8, 4) is 0 Å². The molecule has 0 bridgehead atoms. The number of aliphatic hydroxyl groups is 1. The zero-order valence-electron chi connectivity index (χ0n) is 11.1. The van der Waals surface area contributed by atoms with Gasteiger partial charge in [-0.3, -0.25) is 4.68 Å². The number of halogens is 2. The second-order valence-electron chi connectivity index (χ2n) is 4.82. The summed E-state index contributed by atoms with van der Waals surface area (Å²) in [6, 6.07) is 5.70. The summed E-state index contributed by atoms with van der Waals surface area (Å²) in [6.07, 6.45) is 0.955. The summed E-state index contributed by atoms with van der Waals surface area (Å²) in [6.45, 7) is 6.01. The molecule has 0 spiro atoms. The van der Waals surface area contributed by atoms with E-state index in [2.05, 4.69) is 21.0 Å². The predicted molar refractivity (Wildman–Crippen MR) is 80.6 cm³/mol. The highest BCUT2D eigenvalue weighted by molar-refractivity contribution is 9.10. The van der Waals surface area contributed by atoms with Gasteiger partial charge in [0.2, 0.25) is 0 Å². The Balaban J connectivity index is 2.52. The Bertz CT molecular complexity index is 595. The van der Waals surface area contributed by atoms with Crippen molar-refractivity contribution in [2.75, 3.05) is 0 Å². The summed E-state index contributed by atoms with van der Waals surface area (Å²) in [7, 11) is 0. The monoisotopic (exact) mass is 342 g/mol. The Labute approximate surface area is 126 Å². The first-order valence-corrected chi connectivity index (χ1v) is 7.26. The van der Waals surface area contributed by atoms with Gasteiger partial charge in [0.15, 0.2) is 0 Å². The van der Waals surface area contributed by atoms with Crippen LogP contribution in [-0.4, -0.2) is 14.9 Å². The molecule has 1 N–H and O–H groups in total. The van der Waals surface area contributed by atoms with E-state index in [9.17, 15) is 5.11 Å². The Morgan fingerprint density at radius 1 is 1.37 bits per heavy atom. The van der Waals surface area contributed by atoms with Crippen LogP contribution in [0.2, 0.25) is 5.02 Å². The summed E-state index contributed by atoms with van der Waals surface area (Å²) in [4.78, 5) is 0. The molecule has 0 aliphatic rings. The van der Waals surface area contributed by atoms with E-state index in [0.717, 1.165) is 21.3 Å². The molecule has 1 unspecified atom stereocenters. The maximum Gasteiger partial charge on any atom is 0.122 e. The van der Waals surface area contributed by atoms with Gasteiger partial charge in [-0.25, -0.2) is 0 Å². The lowest BCUT2D eigenvalue weighted by atomic mass is 10.0. The van der Waals surface area contributed by atoms with Crippen LogP contribution >= 0.6 is 27.5 Å². The summed E-state index contributed by atoms with van der Waals surface area (Å²) in [5, 5.41) is 15.6. The minimum Gasteiger partial charge on any atom is -0.382 e. The van der Waals surface area contributed by atoms with Gasteiger partial charge in [0.05, 0.1) is 16.4 Å². The van der Waals surface area contributed by atoms with Crippen molar-refractivity contribution in [1.29, 1.82) is 0 Å². The minimum absolute atomic E-state index is 0.176. The molecule has 0 saturated carbocycles.